The Morgan fingerprint density at radius 1 is 1.12 bits per heavy atom. The van der Waals surface area contributed by atoms with Gasteiger partial charge in [0.15, 0.2) is 0 Å². The van der Waals surface area contributed by atoms with Gasteiger partial charge in [0.2, 0.25) is 5.91 Å². The van der Waals surface area contributed by atoms with Gasteiger partial charge >= 0.3 is 0 Å². The molecule has 0 aromatic heterocycles. The van der Waals surface area contributed by atoms with E-state index in [9.17, 15) is 4.79 Å². The average Bonchev–Trinajstić information content (AvgIpc) is 2.67. The second-order valence-electron chi connectivity index (χ2n) is 8.86. The van der Waals surface area contributed by atoms with E-state index in [2.05, 4.69) is 12.2 Å². The first-order valence-electron chi connectivity index (χ1n) is 11.2. The van der Waals surface area contributed by atoms with Crippen LogP contribution in [0.4, 0.5) is 0 Å². The zero-order valence-corrected chi connectivity index (χ0v) is 17.2. The Morgan fingerprint density at radius 2 is 1.85 bits per heavy atom. The van der Waals surface area contributed by atoms with Crippen LogP contribution in [0, 0.1) is 11.8 Å². The van der Waals surface area contributed by atoms with E-state index in [1.165, 1.54) is 57.8 Å². The number of rotatable bonds is 10. The minimum absolute atomic E-state index is 0.0299. The van der Waals surface area contributed by atoms with Crippen LogP contribution in [0.5, 0.6) is 0 Å². The maximum atomic E-state index is 12.6. The maximum Gasteiger partial charge on any atom is 0.239 e. The molecule has 4 nitrogen and oxygen atoms in total. The third-order valence-electron chi connectivity index (χ3n) is 6.64. The second kappa shape index (κ2) is 11.3. The molecule has 3 atom stereocenters. The summed E-state index contributed by atoms with van der Waals surface area (Å²) in [6.07, 6.45) is 16.8. The predicted molar refractivity (Wildman–Crippen MR) is 108 cm³/mol. The highest BCUT2D eigenvalue weighted by Crippen LogP contribution is 2.35. The lowest BCUT2D eigenvalue weighted by atomic mass is 9.74. The van der Waals surface area contributed by atoms with Crippen molar-refractivity contribution in [2.75, 3.05) is 13.7 Å². The summed E-state index contributed by atoms with van der Waals surface area (Å²) in [6, 6.07) is 0. The van der Waals surface area contributed by atoms with Crippen LogP contribution in [0.15, 0.2) is 0 Å². The van der Waals surface area contributed by atoms with E-state index in [1.54, 1.807) is 7.05 Å². The van der Waals surface area contributed by atoms with E-state index < -0.39 is 5.54 Å². The quantitative estimate of drug-likeness (QED) is 0.557. The number of unbranched alkanes of at least 4 members (excludes halogenated alkanes) is 1. The zero-order valence-electron chi connectivity index (χ0n) is 17.2. The average molecular weight is 367 g/mol. The normalized spacial score (nSPS) is 27.0. The Bertz CT molecular complexity index is 409. The maximum absolute atomic E-state index is 12.6. The van der Waals surface area contributed by atoms with Crippen molar-refractivity contribution in [3.63, 3.8) is 0 Å². The van der Waals surface area contributed by atoms with Gasteiger partial charge in [-0.3, -0.25) is 4.79 Å². The predicted octanol–water partition coefficient (Wildman–Crippen LogP) is 4.56. The van der Waals surface area contributed by atoms with Gasteiger partial charge in [-0.1, -0.05) is 58.3 Å². The number of nitrogens with one attached hydrogen (secondary N) is 1. The molecule has 0 spiro atoms. The number of nitrogens with two attached hydrogens (primary N) is 1. The van der Waals surface area contributed by atoms with Crippen molar-refractivity contribution in [3.8, 4) is 0 Å². The van der Waals surface area contributed by atoms with Gasteiger partial charge in [0.25, 0.3) is 0 Å². The second-order valence-corrected chi connectivity index (χ2v) is 8.86. The molecule has 0 heterocycles. The molecule has 3 N–H and O–H groups in total. The number of ether oxygens (including phenoxy) is 1. The number of carbonyl (C=O) groups is 1. The van der Waals surface area contributed by atoms with Gasteiger partial charge < -0.3 is 15.8 Å². The molecule has 4 heteroatoms. The molecule has 0 unspecified atom stereocenters. The molecule has 0 saturated heterocycles. The van der Waals surface area contributed by atoms with Crippen molar-refractivity contribution in [3.05, 3.63) is 0 Å². The van der Waals surface area contributed by atoms with Crippen LogP contribution < -0.4 is 11.1 Å². The SMILES string of the molecule is CCCCO[C@H]1CCC[C@H](C[C@](N)(CCC2CCCCC2)C(=O)NC)C1. The first kappa shape index (κ1) is 21.7. The fourth-order valence-corrected chi connectivity index (χ4v) is 4.98. The smallest absolute Gasteiger partial charge is 0.239 e. The van der Waals surface area contributed by atoms with Crippen molar-refractivity contribution < 1.29 is 9.53 Å². The summed E-state index contributed by atoms with van der Waals surface area (Å²) in [5.74, 6) is 1.32. The summed E-state index contributed by atoms with van der Waals surface area (Å²) < 4.78 is 6.07. The van der Waals surface area contributed by atoms with Crippen molar-refractivity contribution in [2.24, 2.45) is 17.6 Å². The van der Waals surface area contributed by atoms with E-state index >= 15 is 0 Å². The van der Waals surface area contributed by atoms with Crippen molar-refractivity contribution in [2.45, 2.75) is 108 Å². The topological polar surface area (TPSA) is 64.3 Å². The van der Waals surface area contributed by atoms with Gasteiger partial charge in [0.05, 0.1) is 11.6 Å². The third-order valence-corrected chi connectivity index (χ3v) is 6.64. The molecule has 0 aromatic carbocycles. The summed E-state index contributed by atoms with van der Waals surface area (Å²) in [5, 5.41) is 2.84. The van der Waals surface area contributed by atoms with Gasteiger partial charge in [-0.15, -0.1) is 0 Å². The summed E-state index contributed by atoms with van der Waals surface area (Å²) in [6.45, 7) is 3.07. The minimum atomic E-state index is -0.706. The first-order valence-corrected chi connectivity index (χ1v) is 11.2. The molecule has 2 saturated carbocycles. The monoisotopic (exact) mass is 366 g/mol. The molecular weight excluding hydrogens is 324 g/mol. The van der Waals surface area contributed by atoms with E-state index in [4.69, 9.17) is 10.5 Å². The lowest BCUT2D eigenvalue weighted by Gasteiger charge is -2.36. The van der Waals surface area contributed by atoms with Crippen LogP contribution in [0.2, 0.25) is 0 Å². The highest BCUT2D eigenvalue weighted by molar-refractivity contribution is 5.85. The summed E-state index contributed by atoms with van der Waals surface area (Å²) in [5.41, 5.74) is 6.01. The Morgan fingerprint density at radius 3 is 2.54 bits per heavy atom. The van der Waals surface area contributed by atoms with Crippen LogP contribution in [-0.2, 0) is 9.53 Å². The Balaban J connectivity index is 1.87. The van der Waals surface area contributed by atoms with Crippen LogP contribution in [-0.4, -0.2) is 31.2 Å². The first-order chi connectivity index (χ1) is 12.6. The van der Waals surface area contributed by atoms with Crippen LogP contribution in [0.25, 0.3) is 0 Å². The standard InChI is InChI=1S/C22H42N2O2/c1-3-4-15-26-20-12-8-11-19(16-20)17-22(23,21(25)24-2)14-13-18-9-6-5-7-10-18/h18-20H,3-17,23H2,1-2H3,(H,24,25)/t19-,20-,22+/m0/s1. The highest BCUT2D eigenvalue weighted by Gasteiger charge is 2.37. The van der Waals surface area contributed by atoms with Gasteiger partial charge in [0, 0.05) is 13.7 Å². The molecule has 2 aliphatic carbocycles. The lowest BCUT2D eigenvalue weighted by Crippen LogP contribution is -2.54. The van der Waals surface area contributed by atoms with Crippen LogP contribution in [0.3, 0.4) is 0 Å². The van der Waals surface area contributed by atoms with Gasteiger partial charge in [-0.2, -0.15) is 0 Å². The number of carbonyl (C=O) groups excluding carboxylic acids is 1. The minimum Gasteiger partial charge on any atom is -0.378 e. The Hall–Kier alpha value is -0.610. The van der Waals surface area contributed by atoms with Crippen molar-refractivity contribution in [1.29, 1.82) is 0 Å². The van der Waals surface area contributed by atoms with E-state index in [1.807, 2.05) is 0 Å². The highest BCUT2D eigenvalue weighted by atomic mass is 16.5. The van der Waals surface area contributed by atoms with E-state index in [-0.39, 0.29) is 5.91 Å². The number of hydrogen-bond acceptors (Lipinski definition) is 3. The Labute approximate surface area is 161 Å². The molecule has 152 valence electrons. The number of hydrogen-bond donors (Lipinski definition) is 2. The summed E-state index contributed by atoms with van der Waals surface area (Å²) >= 11 is 0. The van der Waals surface area contributed by atoms with Crippen LogP contribution >= 0.6 is 0 Å². The van der Waals surface area contributed by atoms with E-state index in [0.717, 1.165) is 44.6 Å². The molecular formula is C22H42N2O2. The van der Waals surface area contributed by atoms with Gasteiger partial charge in [-0.25, -0.2) is 0 Å². The zero-order chi connectivity index (χ0) is 18.8. The lowest BCUT2D eigenvalue weighted by molar-refractivity contribution is -0.127. The third kappa shape index (κ3) is 6.84. The molecule has 0 aliphatic heterocycles. The molecule has 1 amide bonds. The largest absolute Gasteiger partial charge is 0.378 e. The molecule has 2 rings (SSSR count). The number of amides is 1. The van der Waals surface area contributed by atoms with Gasteiger partial charge in [-0.05, 0) is 50.4 Å². The fourth-order valence-electron chi connectivity index (χ4n) is 4.98. The van der Waals surface area contributed by atoms with Gasteiger partial charge in [0.1, 0.15) is 0 Å². The molecule has 2 fully saturated rings. The van der Waals surface area contributed by atoms with Crippen molar-refractivity contribution in [1.82, 2.24) is 5.32 Å². The van der Waals surface area contributed by atoms with Crippen LogP contribution in [0.1, 0.15) is 96.8 Å². The van der Waals surface area contributed by atoms with E-state index in [0.29, 0.717) is 12.0 Å². The molecule has 0 bridgehead atoms. The Kier molecular flexibility index (Phi) is 9.41. The molecule has 26 heavy (non-hydrogen) atoms. The molecule has 0 radical (unpaired) electrons. The molecule has 2 aliphatic rings. The molecule has 0 aromatic rings. The fraction of sp³-hybridized carbons (Fsp3) is 0.955. The summed E-state index contributed by atoms with van der Waals surface area (Å²) in [4.78, 5) is 12.6. The number of likely N-dealkylation sites (N-methyl/N-ethyl adjacent to an activating group) is 1. The van der Waals surface area contributed by atoms with Crippen molar-refractivity contribution >= 4 is 5.91 Å². The summed E-state index contributed by atoms with van der Waals surface area (Å²) in [7, 11) is 1.72.